The topological polar surface area (TPSA) is 41.2 Å². The Balaban J connectivity index is 2.02. The van der Waals surface area contributed by atoms with Crippen LogP contribution in [0.5, 0.6) is 0 Å². The lowest BCUT2D eigenvalue weighted by molar-refractivity contribution is -0.0167. The molecule has 1 rings (SSSR count). The summed E-state index contributed by atoms with van der Waals surface area (Å²) in [6.45, 7) is 1.25. The molecule has 1 saturated heterocycles. The van der Waals surface area contributed by atoms with Gasteiger partial charge in [0.15, 0.2) is 0 Å². The van der Waals surface area contributed by atoms with Gasteiger partial charge in [-0.2, -0.15) is 0 Å². The molecule has 10 heavy (non-hydrogen) atoms. The summed E-state index contributed by atoms with van der Waals surface area (Å²) in [4.78, 5) is 0. The van der Waals surface area contributed by atoms with Crippen molar-refractivity contribution in [3.05, 3.63) is 0 Å². The average molecular weight is 144 g/mol. The van der Waals surface area contributed by atoms with E-state index in [0.29, 0.717) is 6.61 Å². The molecule has 1 unspecified atom stereocenters. The Morgan fingerprint density at radius 1 is 1.50 bits per heavy atom. The first-order chi connectivity index (χ1) is 4.93. The SMILES string of the molecule is [O]CCOC1CCCCN1. The van der Waals surface area contributed by atoms with Gasteiger partial charge in [0.2, 0.25) is 0 Å². The van der Waals surface area contributed by atoms with Crippen LogP contribution in [0.1, 0.15) is 19.3 Å². The lowest BCUT2D eigenvalue weighted by Gasteiger charge is -2.22. The molecule has 3 nitrogen and oxygen atoms in total. The van der Waals surface area contributed by atoms with Gasteiger partial charge in [0.05, 0.1) is 6.61 Å². The first-order valence-corrected chi connectivity index (χ1v) is 3.86. The molecule has 1 atom stereocenters. The molecule has 0 saturated carbocycles. The molecule has 0 aromatic carbocycles. The van der Waals surface area contributed by atoms with Crippen molar-refractivity contribution >= 4 is 0 Å². The highest BCUT2D eigenvalue weighted by Crippen LogP contribution is 2.07. The first-order valence-electron chi connectivity index (χ1n) is 3.86. The van der Waals surface area contributed by atoms with Gasteiger partial charge in [0.1, 0.15) is 12.8 Å². The van der Waals surface area contributed by atoms with E-state index in [1.807, 2.05) is 0 Å². The van der Waals surface area contributed by atoms with Crippen LogP contribution in [0, 0.1) is 0 Å². The van der Waals surface area contributed by atoms with Crippen molar-refractivity contribution in [2.24, 2.45) is 0 Å². The predicted molar refractivity (Wildman–Crippen MR) is 37.1 cm³/mol. The van der Waals surface area contributed by atoms with Crippen molar-refractivity contribution in [2.45, 2.75) is 25.5 Å². The quantitative estimate of drug-likeness (QED) is 0.627. The number of ether oxygens (including phenoxy) is 1. The lowest BCUT2D eigenvalue weighted by Crippen LogP contribution is -2.36. The first kappa shape index (κ1) is 7.98. The van der Waals surface area contributed by atoms with Gasteiger partial charge in [-0.05, 0) is 25.8 Å². The minimum atomic E-state index is -0.127. The molecule has 1 aliphatic rings. The van der Waals surface area contributed by atoms with E-state index in [1.54, 1.807) is 0 Å². The van der Waals surface area contributed by atoms with Crippen molar-refractivity contribution in [1.29, 1.82) is 0 Å². The minimum absolute atomic E-state index is 0.127. The summed E-state index contributed by atoms with van der Waals surface area (Å²) < 4.78 is 5.21. The highest BCUT2D eigenvalue weighted by molar-refractivity contribution is 4.62. The smallest absolute Gasteiger partial charge is 0.108 e. The molecule has 0 amide bonds. The molecule has 1 fully saturated rings. The van der Waals surface area contributed by atoms with E-state index < -0.39 is 0 Å². The molecular weight excluding hydrogens is 130 g/mol. The Hall–Kier alpha value is -0.120. The molecule has 0 bridgehead atoms. The van der Waals surface area contributed by atoms with E-state index in [-0.39, 0.29) is 12.8 Å². The van der Waals surface area contributed by atoms with Crippen molar-refractivity contribution in [3.8, 4) is 0 Å². The third-order valence-corrected chi connectivity index (χ3v) is 1.67. The fourth-order valence-corrected chi connectivity index (χ4v) is 1.15. The van der Waals surface area contributed by atoms with Crippen molar-refractivity contribution in [1.82, 2.24) is 5.32 Å². The van der Waals surface area contributed by atoms with Crippen molar-refractivity contribution < 1.29 is 9.84 Å². The van der Waals surface area contributed by atoms with E-state index in [9.17, 15) is 5.11 Å². The number of nitrogens with one attached hydrogen (secondary N) is 1. The molecule has 0 aromatic rings. The summed E-state index contributed by atoms with van der Waals surface area (Å²) >= 11 is 0. The second-order valence-corrected chi connectivity index (χ2v) is 2.51. The molecule has 1 N–H and O–H groups in total. The van der Waals surface area contributed by atoms with Crippen LogP contribution in [-0.2, 0) is 9.84 Å². The molecular formula is C7H14NO2. The molecule has 0 spiro atoms. The predicted octanol–water partition coefficient (Wildman–Crippen LogP) is 0.533. The largest absolute Gasteiger partial charge is 0.361 e. The van der Waals surface area contributed by atoms with E-state index in [1.165, 1.54) is 12.8 Å². The number of hydrogen-bond donors (Lipinski definition) is 1. The zero-order valence-electron chi connectivity index (χ0n) is 6.14. The van der Waals surface area contributed by atoms with Gasteiger partial charge in [-0.3, -0.25) is 5.32 Å². The Kier molecular flexibility index (Phi) is 3.72. The molecule has 59 valence electrons. The van der Waals surface area contributed by atoms with E-state index in [2.05, 4.69) is 5.32 Å². The number of rotatable bonds is 3. The third-order valence-electron chi connectivity index (χ3n) is 1.67. The molecule has 3 heteroatoms. The average Bonchev–Trinajstić information content (AvgIpc) is 2.03. The molecule has 0 aromatic heterocycles. The Morgan fingerprint density at radius 2 is 2.40 bits per heavy atom. The van der Waals surface area contributed by atoms with Gasteiger partial charge in [-0.15, -0.1) is 0 Å². The summed E-state index contributed by atoms with van der Waals surface area (Å²) in [6.07, 6.45) is 3.66. The van der Waals surface area contributed by atoms with Gasteiger partial charge in [0.25, 0.3) is 0 Å². The molecule has 1 heterocycles. The zero-order chi connectivity index (χ0) is 7.23. The van der Waals surface area contributed by atoms with Crippen LogP contribution in [0.2, 0.25) is 0 Å². The van der Waals surface area contributed by atoms with Crippen LogP contribution in [0.3, 0.4) is 0 Å². The van der Waals surface area contributed by atoms with Crippen LogP contribution < -0.4 is 5.32 Å². The van der Waals surface area contributed by atoms with Gasteiger partial charge < -0.3 is 4.74 Å². The standard InChI is InChI=1S/C7H14NO2/c9-5-6-10-7-3-1-2-4-8-7/h7-8H,1-6H2. The second-order valence-electron chi connectivity index (χ2n) is 2.51. The highest BCUT2D eigenvalue weighted by Gasteiger charge is 2.11. The second kappa shape index (κ2) is 4.66. The van der Waals surface area contributed by atoms with Gasteiger partial charge in [-0.25, -0.2) is 5.11 Å². The Bertz CT molecular complexity index is 81.7. The van der Waals surface area contributed by atoms with Crippen molar-refractivity contribution in [2.75, 3.05) is 19.8 Å². The summed E-state index contributed by atoms with van der Waals surface area (Å²) in [7, 11) is 0. The highest BCUT2D eigenvalue weighted by atomic mass is 16.5. The molecule has 1 aliphatic heterocycles. The van der Waals surface area contributed by atoms with Gasteiger partial charge in [0, 0.05) is 0 Å². The Labute approximate surface area is 61.4 Å². The fraction of sp³-hybridized carbons (Fsp3) is 1.00. The normalized spacial score (nSPS) is 26.7. The van der Waals surface area contributed by atoms with Crippen molar-refractivity contribution in [3.63, 3.8) is 0 Å². The van der Waals surface area contributed by atoms with Crippen LogP contribution in [0.25, 0.3) is 0 Å². The monoisotopic (exact) mass is 144 g/mol. The number of hydrogen-bond acceptors (Lipinski definition) is 2. The maximum absolute atomic E-state index is 10.0. The maximum atomic E-state index is 10.0. The Morgan fingerprint density at radius 3 is 3.00 bits per heavy atom. The van der Waals surface area contributed by atoms with Crippen LogP contribution in [0.15, 0.2) is 0 Å². The van der Waals surface area contributed by atoms with Crippen LogP contribution in [-0.4, -0.2) is 26.0 Å². The molecule has 0 aliphatic carbocycles. The third kappa shape index (κ3) is 2.64. The summed E-state index contributed by atoms with van der Waals surface area (Å²) in [5.74, 6) is 0. The van der Waals surface area contributed by atoms with E-state index >= 15 is 0 Å². The van der Waals surface area contributed by atoms with Crippen LogP contribution in [0.4, 0.5) is 0 Å². The fourth-order valence-electron chi connectivity index (χ4n) is 1.15. The zero-order valence-corrected chi connectivity index (χ0v) is 6.14. The van der Waals surface area contributed by atoms with Gasteiger partial charge in [-0.1, -0.05) is 0 Å². The van der Waals surface area contributed by atoms with E-state index in [0.717, 1.165) is 13.0 Å². The minimum Gasteiger partial charge on any atom is -0.361 e. The summed E-state index contributed by atoms with van der Waals surface area (Å²) in [6, 6.07) is 0. The van der Waals surface area contributed by atoms with Gasteiger partial charge >= 0.3 is 0 Å². The van der Waals surface area contributed by atoms with Crippen LogP contribution >= 0.6 is 0 Å². The summed E-state index contributed by atoms with van der Waals surface area (Å²) in [5.41, 5.74) is 0. The summed E-state index contributed by atoms with van der Waals surface area (Å²) in [5, 5.41) is 13.2. The number of piperidine rings is 1. The lowest BCUT2D eigenvalue weighted by atomic mass is 10.1. The molecule has 1 radical (unpaired) electrons. The maximum Gasteiger partial charge on any atom is 0.108 e. The van der Waals surface area contributed by atoms with E-state index in [4.69, 9.17) is 4.74 Å².